The molecule has 5 heteroatoms. The third-order valence-electron chi connectivity index (χ3n) is 2.84. The Morgan fingerprint density at radius 2 is 2.00 bits per heavy atom. The van der Waals surface area contributed by atoms with Crippen LogP contribution in [0.4, 0.5) is 10.1 Å². The third kappa shape index (κ3) is 2.88. The van der Waals surface area contributed by atoms with E-state index in [1.165, 1.54) is 24.3 Å². The van der Waals surface area contributed by atoms with Crippen molar-refractivity contribution in [3.63, 3.8) is 0 Å². The van der Waals surface area contributed by atoms with E-state index in [9.17, 15) is 14.0 Å². The summed E-state index contributed by atoms with van der Waals surface area (Å²) in [7, 11) is 0. The minimum absolute atomic E-state index is 0.272. The molecule has 0 radical (unpaired) electrons. The highest BCUT2D eigenvalue weighted by atomic mass is 19.1. The van der Waals surface area contributed by atoms with Gasteiger partial charge in [0, 0.05) is 11.9 Å². The van der Waals surface area contributed by atoms with Crippen molar-refractivity contribution in [1.29, 1.82) is 0 Å². The molecule has 0 bridgehead atoms. The lowest BCUT2D eigenvalue weighted by atomic mass is 10.2. The van der Waals surface area contributed by atoms with Crippen LogP contribution >= 0.6 is 0 Å². The second kappa shape index (κ2) is 5.48. The van der Waals surface area contributed by atoms with Gasteiger partial charge >= 0.3 is 0 Å². The van der Waals surface area contributed by atoms with Crippen LogP contribution in [-0.4, -0.2) is 16.8 Å². The van der Waals surface area contributed by atoms with Gasteiger partial charge < -0.3 is 9.88 Å². The molecule has 19 heavy (non-hydrogen) atoms. The van der Waals surface area contributed by atoms with Crippen molar-refractivity contribution in [2.24, 2.45) is 0 Å². The Bertz CT molecular complexity index is 590. The summed E-state index contributed by atoms with van der Waals surface area (Å²) in [5.41, 5.74) is 0.944. The number of carbonyl (C=O) groups is 2. The van der Waals surface area contributed by atoms with Gasteiger partial charge in [-0.25, -0.2) is 4.39 Å². The Labute approximate surface area is 109 Å². The van der Waals surface area contributed by atoms with Gasteiger partial charge in [0.05, 0.1) is 5.69 Å². The highest BCUT2D eigenvalue weighted by Crippen LogP contribution is 2.14. The van der Waals surface area contributed by atoms with E-state index in [0.717, 1.165) is 0 Å². The van der Waals surface area contributed by atoms with Gasteiger partial charge in [-0.15, -0.1) is 0 Å². The SMILES string of the molecule is CC(C(=O)Nc1ccc(F)cc1)n1cccc1C=O. The average Bonchev–Trinajstić information content (AvgIpc) is 2.88. The minimum Gasteiger partial charge on any atom is -0.333 e. The summed E-state index contributed by atoms with van der Waals surface area (Å²) in [5, 5.41) is 2.67. The van der Waals surface area contributed by atoms with E-state index >= 15 is 0 Å². The van der Waals surface area contributed by atoms with Gasteiger partial charge in [0.1, 0.15) is 11.9 Å². The number of anilines is 1. The van der Waals surface area contributed by atoms with Gasteiger partial charge in [0.25, 0.3) is 0 Å². The highest BCUT2D eigenvalue weighted by molar-refractivity contribution is 5.94. The number of benzene rings is 1. The summed E-state index contributed by atoms with van der Waals surface area (Å²) >= 11 is 0. The Morgan fingerprint density at radius 1 is 1.32 bits per heavy atom. The van der Waals surface area contributed by atoms with E-state index in [4.69, 9.17) is 0 Å². The van der Waals surface area contributed by atoms with Crippen molar-refractivity contribution < 1.29 is 14.0 Å². The molecular weight excluding hydrogens is 247 g/mol. The fraction of sp³-hybridized carbons (Fsp3) is 0.143. The van der Waals surface area contributed by atoms with Crippen molar-refractivity contribution in [2.75, 3.05) is 5.32 Å². The Kier molecular flexibility index (Phi) is 3.75. The number of aromatic nitrogens is 1. The summed E-state index contributed by atoms with van der Waals surface area (Å²) in [6.45, 7) is 1.69. The monoisotopic (exact) mass is 260 g/mol. The van der Waals surface area contributed by atoms with E-state index in [1.54, 1.807) is 29.8 Å². The molecule has 98 valence electrons. The van der Waals surface area contributed by atoms with Crippen molar-refractivity contribution in [3.8, 4) is 0 Å². The van der Waals surface area contributed by atoms with Crippen LogP contribution in [0.2, 0.25) is 0 Å². The smallest absolute Gasteiger partial charge is 0.247 e. The predicted molar refractivity (Wildman–Crippen MR) is 69.6 cm³/mol. The molecule has 1 heterocycles. The zero-order valence-corrected chi connectivity index (χ0v) is 10.3. The van der Waals surface area contributed by atoms with E-state index in [0.29, 0.717) is 17.7 Å². The Balaban J connectivity index is 2.11. The number of rotatable bonds is 4. The Morgan fingerprint density at radius 3 is 2.63 bits per heavy atom. The van der Waals surface area contributed by atoms with Crippen LogP contribution in [0.5, 0.6) is 0 Å². The standard InChI is InChI=1S/C14H13FN2O2/c1-10(17-8-2-3-13(17)9-18)14(19)16-12-6-4-11(15)5-7-12/h2-10H,1H3,(H,16,19). The fourth-order valence-electron chi connectivity index (χ4n) is 1.77. The number of halogens is 1. The van der Waals surface area contributed by atoms with E-state index in [1.807, 2.05) is 0 Å². The van der Waals surface area contributed by atoms with Crippen LogP contribution in [-0.2, 0) is 4.79 Å². The predicted octanol–water partition coefficient (Wildman–Crippen LogP) is 2.64. The van der Waals surface area contributed by atoms with E-state index < -0.39 is 6.04 Å². The fourth-order valence-corrected chi connectivity index (χ4v) is 1.77. The zero-order valence-electron chi connectivity index (χ0n) is 10.3. The molecule has 0 saturated carbocycles. The first-order valence-electron chi connectivity index (χ1n) is 5.80. The van der Waals surface area contributed by atoms with Crippen LogP contribution < -0.4 is 5.32 Å². The quantitative estimate of drug-likeness (QED) is 0.859. The molecule has 0 fully saturated rings. The van der Waals surface area contributed by atoms with E-state index in [-0.39, 0.29) is 11.7 Å². The molecule has 1 N–H and O–H groups in total. The molecule has 2 rings (SSSR count). The molecule has 4 nitrogen and oxygen atoms in total. The average molecular weight is 260 g/mol. The number of aldehydes is 1. The number of amides is 1. The molecule has 0 aliphatic heterocycles. The van der Waals surface area contributed by atoms with Crippen molar-refractivity contribution in [3.05, 3.63) is 54.1 Å². The molecule has 1 atom stereocenters. The van der Waals surface area contributed by atoms with Crippen LogP contribution in [0.1, 0.15) is 23.5 Å². The van der Waals surface area contributed by atoms with Crippen LogP contribution in [0.25, 0.3) is 0 Å². The first-order chi connectivity index (χ1) is 9.11. The van der Waals surface area contributed by atoms with Gasteiger partial charge in [0.15, 0.2) is 6.29 Å². The molecule has 1 aromatic carbocycles. The van der Waals surface area contributed by atoms with Crippen LogP contribution in [0.15, 0.2) is 42.6 Å². The van der Waals surface area contributed by atoms with Crippen molar-refractivity contribution in [2.45, 2.75) is 13.0 Å². The van der Waals surface area contributed by atoms with Crippen LogP contribution in [0, 0.1) is 5.82 Å². The first-order valence-corrected chi connectivity index (χ1v) is 5.80. The zero-order chi connectivity index (χ0) is 13.8. The molecule has 0 aliphatic carbocycles. The number of carbonyl (C=O) groups excluding carboxylic acids is 2. The maximum atomic E-state index is 12.7. The maximum absolute atomic E-state index is 12.7. The number of nitrogens with one attached hydrogen (secondary N) is 1. The second-order valence-corrected chi connectivity index (χ2v) is 4.13. The molecule has 0 saturated heterocycles. The lowest BCUT2D eigenvalue weighted by Gasteiger charge is -2.15. The molecule has 1 amide bonds. The molecule has 1 unspecified atom stereocenters. The minimum atomic E-state index is -0.528. The summed E-state index contributed by atoms with van der Waals surface area (Å²) < 4.78 is 14.3. The highest BCUT2D eigenvalue weighted by Gasteiger charge is 2.16. The number of hydrogen-bond acceptors (Lipinski definition) is 2. The summed E-state index contributed by atoms with van der Waals surface area (Å²) in [5.74, 6) is -0.634. The molecule has 2 aromatic rings. The lowest BCUT2D eigenvalue weighted by molar-refractivity contribution is -0.118. The summed E-state index contributed by atoms with van der Waals surface area (Å²) in [6.07, 6.45) is 2.36. The van der Waals surface area contributed by atoms with Gasteiger partial charge in [-0.1, -0.05) is 0 Å². The molecular formula is C14H13FN2O2. The van der Waals surface area contributed by atoms with Gasteiger partial charge in [0.2, 0.25) is 5.91 Å². The topological polar surface area (TPSA) is 51.1 Å². The van der Waals surface area contributed by atoms with Crippen molar-refractivity contribution in [1.82, 2.24) is 4.57 Å². The van der Waals surface area contributed by atoms with Gasteiger partial charge in [-0.05, 0) is 43.3 Å². The summed E-state index contributed by atoms with van der Waals surface area (Å²) in [6, 6.07) is 8.31. The first kappa shape index (κ1) is 13.0. The number of nitrogens with zero attached hydrogens (tertiary/aromatic N) is 1. The van der Waals surface area contributed by atoms with Crippen LogP contribution in [0.3, 0.4) is 0 Å². The van der Waals surface area contributed by atoms with Gasteiger partial charge in [-0.2, -0.15) is 0 Å². The molecule has 1 aromatic heterocycles. The van der Waals surface area contributed by atoms with Crippen molar-refractivity contribution >= 4 is 17.9 Å². The number of hydrogen-bond donors (Lipinski definition) is 1. The van der Waals surface area contributed by atoms with E-state index in [2.05, 4.69) is 5.32 Å². The Hall–Kier alpha value is -2.43. The third-order valence-corrected chi connectivity index (χ3v) is 2.84. The normalized spacial score (nSPS) is 11.9. The second-order valence-electron chi connectivity index (χ2n) is 4.13. The largest absolute Gasteiger partial charge is 0.333 e. The maximum Gasteiger partial charge on any atom is 0.247 e. The molecule has 0 spiro atoms. The molecule has 0 aliphatic rings. The van der Waals surface area contributed by atoms with Gasteiger partial charge in [-0.3, -0.25) is 9.59 Å². The lowest BCUT2D eigenvalue weighted by Crippen LogP contribution is -2.24. The summed E-state index contributed by atoms with van der Waals surface area (Å²) in [4.78, 5) is 22.8.